The largest absolute Gasteiger partial charge is 0.481 e. The summed E-state index contributed by atoms with van der Waals surface area (Å²) in [6.45, 7) is 16.0. The van der Waals surface area contributed by atoms with Gasteiger partial charge in [0.2, 0.25) is 0 Å². The SMILES string of the molecule is C[Si](C)(C)CCOCN(COCC[Si](C)(C)C)c1c(Br)c(C2CCC(O)(CC(=O)O)CC2)nc2c(-c3ccc(-c4ccccc4)nc3)cnn12. The van der Waals surface area contributed by atoms with Gasteiger partial charge in [-0.1, -0.05) is 75.7 Å². The van der Waals surface area contributed by atoms with E-state index in [4.69, 9.17) is 24.5 Å². The zero-order valence-electron chi connectivity index (χ0n) is 30.3. The molecule has 0 atom stereocenters. The first-order chi connectivity index (χ1) is 23.6. The molecule has 0 bridgehead atoms. The highest BCUT2D eigenvalue weighted by molar-refractivity contribution is 9.10. The van der Waals surface area contributed by atoms with Crippen LogP contribution in [0, 0.1) is 0 Å². The number of rotatable bonds is 16. The predicted octanol–water partition coefficient (Wildman–Crippen LogP) is 8.52. The number of ether oxygens (including phenoxy) is 2. The molecule has 0 aliphatic heterocycles. The summed E-state index contributed by atoms with van der Waals surface area (Å²) >= 11 is 3.96. The van der Waals surface area contributed by atoms with Crippen LogP contribution in [0.4, 0.5) is 5.82 Å². The molecule has 2 N–H and O–H groups in total. The molecule has 0 unspecified atom stereocenters. The Morgan fingerprint density at radius 1 is 0.940 bits per heavy atom. The van der Waals surface area contributed by atoms with E-state index in [2.05, 4.69) is 66.2 Å². The normalized spacial score (nSPS) is 18.4. The number of anilines is 1. The van der Waals surface area contributed by atoms with E-state index in [9.17, 15) is 15.0 Å². The Morgan fingerprint density at radius 2 is 1.56 bits per heavy atom. The van der Waals surface area contributed by atoms with E-state index in [0.717, 1.165) is 50.5 Å². The zero-order valence-corrected chi connectivity index (χ0v) is 33.9. The number of hydrogen-bond acceptors (Lipinski definition) is 8. The fourth-order valence-electron chi connectivity index (χ4n) is 6.21. The van der Waals surface area contributed by atoms with Crippen molar-refractivity contribution in [1.82, 2.24) is 19.6 Å². The number of pyridine rings is 1. The quantitative estimate of drug-likeness (QED) is 0.0655. The number of nitrogens with zero attached hydrogens (tertiary/aromatic N) is 5. The molecule has 1 fully saturated rings. The molecule has 13 heteroatoms. The molecule has 0 saturated heterocycles. The van der Waals surface area contributed by atoms with Gasteiger partial charge >= 0.3 is 5.97 Å². The molecule has 1 aliphatic carbocycles. The molecule has 3 heterocycles. The zero-order chi connectivity index (χ0) is 36.1. The maximum Gasteiger partial charge on any atom is 0.306 e. The van der Waals surface area contributed by atoms with Gasteiger partial charge in [0.25, 0.3) is 0 Å². The van der Waals surface area contributed by atoms with Crippen molar-refractivity contribution in [3.8, 4) is 22.4 Å². The smallest absolute Gasteiger partial charge is 0.306 e. The number of fused-ring (bicyclic) bond motifs is 1. The van der Waals surface area contributed by atoms with Crippen LogP contribution in [0.5, 0.6) is 0 Å². The highest BCUT2D eigenvalue weighted by Gasteiger charge is 2.38. The van der Waals surface area contributed by atoms with Crippen LogP contribution in [-0.2, 0) is 14.3 Å². The standard InChI is InChI=1S/C37H52BrN5O5Si2/c1-49(2,3)20-18-47-25-42(26-48-19-21-50(4,5)6)36-33(38)34(28-14-16-37(46,17-15-28)22-32(44)45)41-35-30(24-40-43(35)36)29-12-13-31(39-23-29)27-10-8-7-9-11-27/h7-13,23-24,28,46H,14-22,25-26H2,1-6H3,(H,44,45). The lowest BCUT2D eigenvalue weighted by Gasteiger charge is -2.35. The molecule has 270 valence electrons. The Hall–Kier alpha value is -2.95. The van der Waals surface area contributed by atoms with Crippen LogP contribution in [0.1, 0.15) is 43.7 Å². The number of hydrogen-bond donors (Lipinski definition) is 2. The van der Waals surface area contributed by atoms with Gasteiger partial charge < -0.3 is 24.6 Å². The van der Waals surface area contributed by atoms with Crippen molar-refractivity contribution < 1.29 is 24.5 Å². The van der Waals surface area contributed by atoms with E-state index >= 15 is 0 Å². The minimum Gasteiger partial charge on any atom is -0.481 e. The number of carbonyl (C=O) groups is 1. The van der Waals surface area contributed by atoms with Crippen LogP contribution < -0.4 is 4.90 Å². The lowest BCUT2D eigenvalue weighted by atomic mass is 9.76. The number of carboxylic acid groups (broad SMARTS) is 1. The molecule has 4 aromatic rings. The highest BCUT2D eigenvalue weighted by atomic mass is 79.9. The van der Waals surface area contributed by atoms with Gasteiger partial charge in [-0.3, -0.25) is 9.78 Å². The highest BCUT2D eigenvalue weighted by Crippen LogP contribution is 2.44. The van der Waals surface area contributed by atoms with Gasteiger partial charge in [0, 0.05) is 58.2 Å². The van der Waals surface area contributed by atoms with Crippen molar-refractivity contribution in [2.45, 2.75) is 95.0 Å². The summed E-state index contributed by atoms with van der Waals surface area (Å²) in [6, 6.07) is 16.3. The van der Waals surface area contributed by atoms with Crippen molar-refractivity contribution in [1.29, 1.82) is 0 Å². The van der Waals surface area contributed by atoms with Crippen molar-refractivity contribution in [3.05, 3.63) is 65.0 Å². The van der Waals surface area contributed by atoms with E-state index in [1.807, 2.05) is 53.3 Å². The number of halogens is 1. The van der Waals surface area contributed by atoms with Gasteiger partial charge in [-0.25, -0.2) is 4.98 Å². The lowest BCUT2D eigenvalue weighted by Crippen LogP contribution is -2.36. The maximum absolute atomic E-state index is 11.5. The Balaban J connectivity index is 1.55. The molecular weight excluding hydrogens is 731 g/mol. The Labute approximate surface area is 306 Å². The van der Waals surface area contributed by atoms with E-state index < -0.39 is 27.7 Å². The topological polar surface area (TPSA) is 122 Å². The Bertz CT molecular complexity index is 1710. The first kappa shape index (κ1) is 38.3. The molecule has 1 aromatic carbocycles. The molecule has 0 amide bonds. The van der Waals surface area contributed by atoms with Crippen molar-refractivity contribution in [2.24, 2.45) is 0 Å². The fraction of sp³-hybridized carbons (Fsp3) is 0.514. The number of benzene rings is 1. The minimum absolute atomic E-state index is 0.00555. The Kier molecular flexibility index (Phi) is 12.4. The second kappa shape index (κ2) is 16.2. The first-order valence-electron chi connectivity index (χ1n) is 17.6. The van der Waals surface area contributed by atoms with Crippen molar-refractivity contribution in [3.63, 3.8) is 0 Å². The Morgan fingerprint density at radius 3 is 2.10 bits per heavy atom. The van der Waals surface area contributed by atoms with Crippen LogP contribution in [0.25, 0.3) is 28.0 Å². The molecular formula is C37H52BrN5O5Si2. The minimum atomic E-state index is -1.30. The van der Waals surface area contributed by atoms with Gasteiger partial charge in [-0.15, -0.1) is 0 Å². The molecule has 0 spiro atoms. The van der Waals surface area contributed by atoms with Gasteiger partial charge in [0.1, 0.15) is 13.5 Å². The number of aliphatic carboxylic acids is 1. The summed E-state index contributed by atoms with van der Waals surface area (Å²) < 4.78 is 15.3. The maximum atomic E-state index is 11.5. The van der Waals surface area contributed by atoms with E-state index in [1.165, 1.54) is 0 Å². The lowest BCUT2D eigenvalue weighted by molar-refractivity contribution is -0.144. The van der Waals surface area contributed by atoms with Crippen LogP contribution >= 0.6 is 15.9 Å². The van der Waals surface area contributed by atoms with Gasteiger partial charge in [-0.2, -0.15) is 9.61 Å². The van der Waals surface area contributed by atoms with Crippen LogP contribution in [0.15, 0.2) is 59.3 Å². The summed E-state index contributed by atoms with van der Waals surface area (Å²) in [5, 5.41) is 25.3. The molecule has 5 rings (SSSR count). The van der Waals surface area contributed by atoms with Gasteiger partial charge in [0.05, 0.1) is 34.1 Å². The van der Waals surface area contributed by atoms with Gasteiger partial charge in [0.15, 0.2) is 11.5 Å². The van der Waals surface area contributed by atoms with E-state index in [0.29, 0.717) is 58.0 Å². The fourth-order valence-corrected chi connectivity index (χ4v) is 8.55. The summed E-state index contributed by atoms with van der Waals surface area (Å²) in [7, 11) is -2.60. The number of carboxylic acids is 1. The molecule has 50 heavy (non-hydrogen) atoms. The second-order valence-electron chi connectivity index (χ2n) is 16.0. The molecule has 1 saturated carbocycles. The summed E-state index contributed by atoms with van der Waals surface area (Å²) in [6.07, 6.45) is 5.45. The first-order valence-corrected chi connectivity index (χ1v) is 25.8. The third kappa shape index (κ3) is 10.1. The summed E-state index contributed by atoms with van der Waals surface area (Å²) in [4.78, 5) is 23.6. The van der Waals surface area contributed by atoms with Crippen molar-refractivity contribution in [2.75, 3.05) is 31.6 Å². The third-order valence-electron chi connectivity index (χ3n) is 9.31. The van der Waals surface area contributed by atoms with Crippen LogP contribution in [0.2, 0.25) is 51.4 Å². The molecule has 10 nitrogen and oxygen atoms in total. The van der Waals surface area contributed by atoms with Gasteiger partial charge in [-0.05, 0) is 59.8 Å². The number of aromatic nitrogens is 4. The average Bonchev–Trinajstić information content (AvgIpc) is 3.47. The second-order valence-corrected chi connectivity index (χ2v) is 28.1. The molecule has 0 radical (unpaired) electrons. The number of aliphatic hydroxyl groups is 1. The van der Waals surface area contributed by atoms with E-state index in [1.54, 1.807) is 0 Å². The van der Waals surface area contributed by atoms with Crippen LogP contribution in [-0.4, -0.2) is 84.2 Å². The molecule has 3 aromatic heterocycles. The predicted molar refractivity (Wildman–Crippen MR) is 208 cm³/mol. The molecule has 1 aliphatic rings. The third-order valence-corrected chi connectivity index (χ3v) is 13.5. The van der Waals surface area contributed by atoms with E-state index in [-0.39, 0.29) is 12.3 Å². The average molecular weight is 783 g/mol. The summed E-state index contributed by atoms with van der Waals surface area (Å²) in [5.41, 5.74) is 4.01. The summed E-state index contributed by atoms with van der Waals surface area (Å²) in [5.74, 6) is -0.188. The monoisotopic (exact) mass is 781 g/mol. The van der Waals surface area contributed by atoms with Crippen LogP contribution in [0.3, 0.4) is 0 Å². The van der Waals surface area contributed by atoms with Crippen molar-refractivity contribution >= 4 is 49.5 Å².